The van der Waals surface area contributed by atoms with Gasteiger partial charge in [0.15, 0.2) is 0 Å². The van der Waals surface area contributed by atoms with Crippen molar-refractivity contribution in [2.45, 2.75) is 32.6 Å². The summed E-state index contributed by atoms with van der Waals surface area (Å²) in [6.07, 6.45) is 4.60. The van der Waals surface area contributed by atoms with Gasteiger partial charge in [-0.25, -0.2) is 4.98 Å². The summed E-state index contributed by atoms with van der Waals surface area (Å²) in [5, 5.41) is 1.20. The monoisotopic (exact) mass is 271 g/mol. The molecular weight excluding hydrogens is 246 g/mol. The molecule has 0 aliphatic rings. The van der Waals surface area contributed by atoms with Gasteiger partial charge in [-0.2, -0.15) is 0 Å². The second-order valence-corrected chi connectivity index (χ2v) is 5.33. The van der Waals surface area contributed by atoms with Crippen LogP contribution in [0, 0.1) is 0 Å². The number of rotatable bonds is 7. The number of hydrogen-bond acceptors (Lipinski definition) is 3. The van der Waals surface area contributed by atoms with E-state index in [0.29, 0.717) is 6.54 Å². The van der Waals surface area contributed by atoms with Crippen LogP contribution < -0.4 is 10.6 Å². The Morgan fingerprint density at radius 1 is 1.20 bits per heavy atom. The van der Waals surface area contributed by atoms with Gasteiger partial charge in [-0.05, 0) is 37.1 Å². The van der Waals surface area contributed by atoms with Crippen LogP contribution in [0.4, 0.5) is 5.82 Å². The van der Waals surface area contributed by atoms with Gasteiger partial charge in [-0.3, -0.25) is 0 Å². The Morgan fingerprint density at radius 2 is 2.00 bits per heavy atom. The SMILES string of the molecule is CCCCCN(C)c1nc2ccccc2cc1CCN. The van der Waals surface area contributed by atoms with Crippen molar-refractivity contribution in [3.8, 4) is 0 Å². The Kier molecular flexibility index (Phi) is 5.36. The lowest BCUT2D eigenvalue weighted by molar-refractivity contribution is 0.699. The molecule has 3 heteroatoms. The molecule has 2 aromatic rings. The van der Waals surface area contributed by atoms with Crippen LogP contribution in [0.2, 0.25) is 0 Å². The predicted molar refractivity (Wildman–Crippen MR) is 87.3 cm³/mol. The molecule has 0 bridgehead atoms. The van der Waals surface area contributed by atoms with E-state index in [2.05, 4.69) is 43.1 Å². The first-order chi connectivity index (χ1) is 9.76. The van der Waals surface area contributed by atoms with Gasteiger partial charge in [0, 0.05) is 19.0 Å². The van der Waals surface area contributed by atoms with Crippen LogP contribution in [0.5, 0.6) is 0 Å². The van der Waals surface area contributed by atoms with Crippen LogP contribution in [-0.4, -0.2) is 25.1 Å². The van der Waals surface area contributed by atoms with Gasteiger partial charge in [-0.1, -0.05) is 38.0 Å². The first kappa shape index (κ1) is 14.8. The maximum Gasteiger partial charge on any atom is 0.132 e. The molecule has 0 radical (unpaired) electrons. The number of unbranched alkanes of at least 4 members (excludes halogenated alkanes) is 2. The zero-order valence-electron chi connectivity index (χ0n) is 12.6. The minimum Gasteiger partial charge on any atom is -0.359 e. The summed E-state index contributed by atoms with van der Waals surface area (Å²) in [5.41, 5.74) is 8.06. The minimum absolute atomic E-state index is 0.663. The number of hydrogen-bond donors (Lipinski definition) is 1. The van der Waals surface area contributed by atoms with Gasteiger partial charge in [0.2, 0.25) is 0 Å². The Morgan fingerprint density at radius 3 is 2.75 bits per heavy atom. The Labute approximate surface area is 121 Å². The van der Waals surface area contributed by atoms with E-state index in [-0.39, 0.29) is 0 Å². The van der Waals surface area contributed by atoms with Gasteiger partial charge >= 0.3 is 0 Å². The average Bonchev–Trinajstić information content (AvgIpc) is 2.47. The number of nitrogens with two attached hydrogens (primary N) is 1. The summed E-state index contributed by atoms with van der Waals surface area (Å²) < 4.78 is 0. The molecule has 0 fully saturated rings. The Bertz CT molecular complexity index is 551. The average molecular weight is 271 g/mol. The molecule has 0 atom stereocenters. The van der Waals surface area contributed by atoms with E-state index in [0.717, 1.165) is 24.3 Å². The van der Waals surface area contributed by atoms with Crippen molar-refractivity contribution in [3.05, 3.63) is 35.9 Å². The van der Waals surface area contributed by atoms with Crippen LogP contribution in [-0.2, 0) is 6.42 Å². The summed E-state index contributed by atoms with van der Waals surface area (Å²) in [6, 6.07) is 10.5. The molecular formula is C17H25N3. The molecule has 3 nitrogen and oxygen atoms in total. The summed E-state index contributed by atoms with van der Waals surface area (Å²) in [7, 11) is 2.13. The van der Waals surface area contributed by atoms with Crippen LogP contribution in [0.15, 0.2) is 30.3 Å². The number of benzene rings is 1. The zero-order valence-corrected chi connectivity index (χ0v) is 12.6. The second-order valence-electron chi connectivity index (χ2n) is 5.33. The van der Waals surface area contributed by atoms with E-state index in [9.17, 15) is 0 Å². The number of anilines is 1. The Balaban J connectivity index is 2.30. The summed E-state index contributed by atoms with van der Waals surface area (Å²) in [4.78, 5) is 7.11. The Hall–Kier alpha value is -1.61. The van der Waals surface area contributed by atoms with Crippen LogP contribution in [0.25, 0.3) is 10.9 Å². The molecule has 1 heterocycles. The molecule has 1 aromatic heterocycles. The van der Waals surface area contributed by atoms with Crippen molar-refractivity contribution >= 4 is 16.7 Å². The number of nitrogens with zero attached hydrogens (tertiary/aromatic N) is 2. The van der Waals surface area contributed by atoms with E-state index in [1.54, 1.807) is 0 Å². The van der Waals surface area contributed by atoms with E-state index < -0.39 is 0 Å². The first-order valence-electron chi connectivity index (χ1n) is 7.56. The third-order valence-corrected chi connectivity index (χ3v) is 3.65. The normalized spacial score (nSPS) is 10.9. The third kappa shape index (κ3) is 3.48. The van der Waals surface area contributed by atoms with Gasteiger partial charge in [0.05, 0.1) is 5.52 Å². The molecule has 0 aliphatic heterocycles. The van der Waals surface area contributed by atoms with E-state index in [1.165, 1.54) is 30.2 Å². The highest BCUT2D eigenvalue weighted by atomic mass is 15.2. The van der Waals surface area contributed by atoms with Crippen molar-refractivity contribution in [1.82, 2.24) is 4.98 Å². The maximum absolute atomic E-state index is 5.75. The molecule has 2 N–H and O–H groups in total. The quantitative estimate of drug-likeness (QED) is 0.785. The van der Waals surface area contributed by atoms with Crippen molar-refractivity contribution in [3.63, 3.8) is 0 Å². The minimum atomic E-state index is 0.663. The summed E-state index contributed by atoms with van der Waals surface area (Å²) in [6.45, 7) is 3.95. The second kappa shape index (κ2) is 7.25. The molecule has 2 rings (SSSR count). The van der Waals surface area contributed by atoms with Crippen LogP contribution in [0.1, 0.15) is 31.7 Å². The predicted octanol–water partition coefficient (Wildman–Crippen LogP) is 3.36. The van der Waals surface area contributed by atoms with Crippen molar-refractivity contribution in [1.29, 1.82) is 0 Å². The smallest absolute Gasteiger partial charge is 0.132 e. The fourth-order valence-corrected chi connectivity index (χ4v) is 2.52. The maximum atomic E-state index is 5.75. The highest BCUT2D eigenvalue weighted by Gasteiger charge is 2.10. The number of para-hydroxylation sites is 1. The standard InChI is InChI=1S/C17H25N3/c1-3-4-7-12-20(2)17-15(10-11-18)13-14-8-5-6-9-16(14)19-17/h5-6,8-9,13H,3-4,7,10-12,18H2,1-2H3. The summed E-state index contributed by atoms with van der Waals surface area (Å²) >= 11 is 0. The van der Waals surface area contributed by atoms with E-state index >= 15 is 0 Å². The lowest BCUT2D eigenvalue weighted by atomic mass is 10.1. The fraction of sp³-hybridized carbons (Fsp3) is 0.471. The molecule has 0 unspecified atom stereocenters. The zero-order chi connectivity index (χ0) is 14.4. The molecule has 0 saturated carbocycles. The fourth-order valence-electron chi connectivity index (χ4n) is 2.52. The van der Waals surface area contributed by atoms with Crippen LogP contribution >= 0.6 is 0 Å². The highest BCUT2D eigenvalue weighted by Crippen LogP contribution is 2.23. The molecule has 20 heavy (non-hydrogen) atoms. The van der Waals surface area contributed by atoms with E-state index in [1.807, 2.05) is 6.07 Å². The van der Waals surface area contributed by atoms with Gasteiger partial charge in [-0.15, -0.1) is 0 Å². The van der Waals surface area contributed by atoms with E-state index in [4.69, 9.17) is 10.7 Å². The van der Waals surface area contributed by atoms with Crippen molar-refractivity contribution in [2.75, 3.05) is 25.0 Å². The molecule has 0 aliphatic carbocycles. The first-order valence-corrected chi connectivity index (χ1v) is 7.56. The number of aromatic nitrogens is 1. The van der Waals surface area contributed by atoms with Gasteiger partial charge < -0.3 is 10.6 Å². The lowest BCUT2D eigenvalue weighted by Crippen LogP contribution is -2.22. The third-order valence-electron chi connectivity index (χ3n) is 3.65. The lowest BCUT2D eigenvalue weighted by Gasteiger charge is -2.22. The highest BCUT2D eigenvalue weighted by molar-refractivity contribution is 5.81. The molecule has 0 saturated heterocycles. The topological polar surface area (TPSA) is 42.2 Å². The van der Waals surface area contributed by atoms with Gasteiger partial charge in [0.1, 0.15) is 5.82 Å². The molecule has 1 aromatic carbocycles. The molecule has 108 valence electrons. The number of fused-ring (bicyclic) bond motifs is 1. The van der Waals surface area contributed by atoms with Crippen molar-refractivity contribution < 1.29 is 0 Å². The number of pyridine rings is 1. The van der Waals surface area contributed by atoms with Crippen molar-refractivity contribution in [2.24, 2.45) is 5.73 Å². The largest absolute Gasteiger partial charge is 0.359 e. The van der Waals surface area contributed by atoms with Gasteiger partial charge in [0.25, 0.3) is 0 Å². The molecule has 0 amide bonds. The van der Waals surface area contributed by atoms with Crippen LogP contribution in [0.3, 0.4) is 0 Å². The summed E-state index contributed by atoms with van der Waals surface area (Å²) in [5.74, 6) is 1.09. The molecule has 0 spiro atoms.